The van der Waals surface area contributed by atoms with Crippen LogP contribution in [-0.4, -0.2) is 35.7 Å². The minimum atomic E-state index is -0.951. The van der Waals surface area contributed by atoms with Crippen LogP contribution in [0.4, 0.5) is 5.69 Å². The highest BCUT2D eigenvalue weighted by Crippen LogP contribution is 2.27. The van der Waals surface area contributed by atoms with E-state index in [0.717, 1.165) is 0 Å². The highest BCUT2D eigenvalue weighted by Gasteiger charge is 2.38. The highest BCUT2D eigenvalue weighted by molar-refractivity contribution is 6.30. The molecule has 102 valence electrons. The Morgan fingerprint density at radius 3 is 2.68 bits per heavy atom. The maximum atomic E-state index is 11.9. The van der Waals surface area contributed by atoms with Crippen LogP contribution >= 0.6 is 11.6 Å². The van der Waals surface area contributed by atoms with Gasteiger partial charge in [-0.15, -0.1) is 0 Å². The molecule has 1 aliphatic heterocycles. The van der Waals surface area contributed by atoms with Crippen LogP contribution in [0.1, 0.15) is 13.3 Å². The van der Waals surface area contributed by atoms with Gasteiger partial charge in [0.1, 0.15) is 6.61 Å². The van der Waals surface area contributed by atoms with E-state index < -0.39 is 11.6 Å². The number of aliphatic carboxylic acids is 1. The zero-order valence-electron chi connectivity index (χ0n) is 10.4. The first-order chi connectivity index (χ1) is 8.89. The number of halogens is 1. The van der Waals surface area contributed by atoms with Gasteiger partial charge in [0, 0.05) is 10.7 Å². The first kappa shape index (κ1) is 13.8. The number of carboxylic acids is 1. The molecular weight excluding hydrogens is 270 g/mol. The number of morpholine rings is 1. The van der Waals surface area contributed by atoms with Crippen molar-refractivity contribution >= 4 is 29.2 Å². The molecule has 0 radical (unpaired) electrons. The molecule has 6 heteroatoms. The third-order valence-electron chi connectivity index (χ3n) is 3.00. The predicted octanol–water partition coefficient (Wildman–Crippen LogP) is 1.94. The molecule has 1 aliphatic rings. The molecule has 0 aliphatic carbocycles. The summed E-state index contributed by atoms with van der Waals surface area (Å²) in [4.78, 5) is 24.2. The van der Waals surface area contributed by atoms with Gasteiger partial charge in [-0.3, -0.25) is 9.59 Å². The molecule has 19 heavy (non-hydrogen) atoms. The molecule has 2 rings (SSSR count). The molecule has 0 spiro atoms. The lowest BCUT2D eigenvalue weighted by molar-refractivity contribution is -0.151. The van der Waals surface area contributed by atoms with Gasteiger partial charge in [0.15, 0.2) is 0 Å². The van der Waals surface area contributed by atoms with Gasteiger partial charge in [-0.05, 0) is 31.2 Å². The number of nitrogens with zero attached hydrogens (tertiary/aromatic N) is 1. The number of rotatable bonds is 3. The molecule has 1 aromatic carbocycles. The summed E-state index contributed by atoms with van der Waals surface area (Å²) < 4.78 is 5.37. The average molecular weight is 284 g/mol. The van der Waals surface area contributed by atoms with Crippen molar-refractivity contribution in [3.63, 3.8) is 0 Å². The topological polar surface area (TPSA) is 66.8 Å². The van der Waals surface area contributed by atoms with E-state index in [9.17, 15) is 9.59 Å². The number of ether oxygens (including phenoxy) is 1. The van der Waals surface area contributed by atoms with Crippen molar-refractivity contribution in [2.24, 2.45) is 0 Å². The van der Waals surface area contributed by atoms with Crippen molar-refractivity contribution in [1.82, 2.24) is 0 Å². The van der Waals surface area contributed by atoms with E-state index in [4.69, 9.17) is 21.4 Å². The van der Waals surface area contributed by atoms with Crippen LogP contribution in [0.25, 0.3) is 0 Å². The summed E-state index contributed by atoms with van der Waals surface area (Å²) in [7, 11) is 0. The van der Waals surface area contributed by atoms with E-state index in [2.05, 4.69) is 0 Å². The fourth-order valence-electron chi connectivity index (χ4n) is 2.07. The maximum absolute atomic E-state index is 11.9. The molecule has 1 N–H and O–H groups in total. The second-order valence-corrected chi connectivity index (χ2v) is 5.20. The van der Waals surface area contributed by atoms with Gasteiger partial charge in [0.2, 0.25) is 0 Å². The predicted molar refractivity (Wildman–Crippen MR) is 70.4 cm³/mol. The molecule has 0 saturated carbocycles. The summed E-state index contributed by atoms with van der Waals surface area (Å²) in [5.74, 6) is -1.14. The highest BCUT2D eigenvalue weighted by atomic mass is 35.5. The molecule has 1 amide bonds. The molecule has 1 aromatic rings. The van der Waals surface area contributed by atoms with Crippen LogP contribution < -0.4 is 4.90 Å². The summed E-state index contributed by atoms with van der Waals surface area (Å²) >= 11 is 5.81. The molecule has 1 saturated heterocycles. The molecule has 1 heterocycles. The van der Waals surface area contributed by atoms with Gasteiger partial charge in [0.25, 0.3) is 5.91 Å². The smallest absolute Gasteiger partial charge is 0.306 e. The second-order valence-electron chi connectivity index (χ2n) is 4.77. The van der Waals surface area contributed by atoms with E-state index in [0.29, 0.717) is 10.7 Å². The number of amides is 1. The summed E-state index contributed by atoms with van der Waals surface area (Å²) in [6, 6.07) is 6.84. The minimum Gasteiger partial charge on any atom is -0.481 e. The Morgan fingerprint density at radius 2 is 2.11 bits per heavy atom. The summed E-state index contributed by atoms with van der Waals surface area (Å²) in [5.41, 5.74) is -0.186. The zero-order chi connectivity index (χ0) is 14.0. The molecule has 1 atom stereocenters. The van der Waals surface area contributed by atoms with Crippen LogP contribution in [0.5, 0.6) is 0 Å². The second kappa shape index (κ2) is 5.19. The summed E-state index contributed by atoms with van der Waals surface area (Å²) in [6.07, 6.45) is -0.148. The Kier molecular flexibility index (Phi) is 3.78. The maximum Gasteiger partial charge on any atom is 0.306 e. The lowest BCUT2D eigenvalue weighted by Crippen LogP contribution is -2.54. The molecular formula is C13H14ClNO4. The minimum absolute atomic E-state index is 0.119. The lowest BCUT2D eigenvalue weighted by atomic mass is 9.99. The largest absolute Gasteiger partial charge is 0.481 e. The van der Waals surface area contributed by atoms with Crippen molar-refractivity contribution in [3.05, 3.63) is 29.3 Å². The fraction of sp³-hybridized carbons (Fsp3) is 0.385. The number of carbonyl (C=O) groups is 2. The van der Waals surface area contributed by atoms with Crippen LogP contribution in [0, 0.1) is 0 Å². The van der Waals surface area contributed by atoms with E-state index >= 15 is 0 Å². The van der Waals surface area contributed by atoms with Crippen molar-refractivity contribution in [2.45, 2.75) is 18.9 Å². The number of carboxylic acid groups (broad SMARTS) is 1. The van der Waals surface area contributed by atoms with Crippen molar-refractivity contribution in [1.29, 1.82) is 0 Å². The average Bonchev–Trinajstić information content (AvgIpc) is 2.33. The zero-order valence-corrected chi connectivity index (χ0v) is 11.2. The van der Waals surface area contributed by atoms with E-state index in [-0.39, 0.29) is 25.5 Å². The number of benzene rings is 1. The van der Waals surface area contributed by atoms with Gasteiger partial charge in [-0.2, -0.15) is 0 Å². The molecule has 0 bridgehead atoms. The van der Waals surface area contributed by atoms with Crippen molar-refractivity contribution in [3.8, 4) is 0 Å². The lowest BCUT2D eigenvalue weighted by Gasteiger charge is -2.39. The van der Waals surface area contributed by atoms with E-state index in [1.54, 1.807) is 31.2 Å². The monoisotopic (exact) mass is 283 g/mol. The third-order valence-corrected chi connectivity index (χ3v) is 3.25. The van der Waals surface area contributed by atoms with Crippen LogP contribution in [-0.2, 0) is 14.3 Å². The number of carbonyl (C=O) groups excluding carboxylic acids is 1. The standard InChI is InChI=1S/C13H14ClNO4/c1-13(6-12(17)18)8-15(11(16)7-19-13)10-4-2-9(14)3-5-10/h2-5H,6-8H2,1H3,(H,17,18). The Labute approximate surface area is 115 Å². The Bertz CT molecular complexity index is 502. The van der Waals surface area contributed by atoms with Crippen LogP contribution in [0.15, 0.2) is 24.3 Å². The van der Waals surface area contributed by atoms with Crippen LogP contribution in [0.3, 0.4) is 0 Å². The van der Waals surface area contributed by atoms with Gasteiger partial charge in [-0.1, -0.05) is 11.6 Å². The molecule has 0 aromatic heterocycles. The van der Waals surface area contributed by atoms with Gasteiger partial charge >= 0.3 is 5.97 Å². The SMILES string of the molecule is CC1(CC(=O)O)CN(c2ccc(Cl)cc2)C(=O)CO1. The van der Waals surface area contributed by atoms with E-state index in [1.807, 2.05) is 0 Å². The number of hydrogen-bond donors (Lipinski definition) is 1. The molecule has 1 fully saturated rings. The van der Waals surface area contributed by atoms with Crippen molar-refractivity contribution in [2.75, 3.05) is 18.1 Å². The van der Waals surface area contributed by atoms with Gasteiger partial charge in [0.05, 0.1) is 18.6 Å². The first-order valence-electron chi connectivity index (χ1n) is 5.81. The fourth-order valence-corrected chi connectivity index (χ4v) is 2.19. The first-order valence-corrected chi connectivity index (χ1v) is 6.19. The van der Waals surface area contributed by atoms with E-state index in [1.165, 1.54) is 4.90 Å². The number of hydrogen-bond acceptors (Lipinski definition) is 3. The Balaban J connectivity index is 2.21. The molecule has 5 nitrogen and oxygen atoms in total. The molecule has 1 unspecified atom stereocenters. The van der Waals surface area contributed by atoms with Crippen molar-refractivity contribution < 1.29 is 19.4 Å². The van der Waals surface area contributed by atoms with Crippen LogP contribution in [0.2, 0.25) is 5.02 Å². The quantitative estimate of drug-likeness (QED) is 0.920. The summed E-state index contributed by atoms with van der Waals surface area (Å²) in [6.45, 7) is 1.78. The van der Waals surface area contributed by atoms with Gasteiger partial charge in [-0.25, -0.2) is 0 Å². The van der Waals surface area contributed by atoms with Gasteiger partial charge < -0.3 is 14.7 Å². The normalized spacial score (nSPS) is 23.5. The Morgan fingerprint density at radius 1 is 1.47 bits per heavy atom. The summed E-state index contributed by atoms with van der Waals surface area (Å²) in [5, 5.41) is 9.47. The third kappa shape index (κ3) is 3.24. The Hall–Kier alpha value is -1.59. The number of anilines is 1.